The Morgan fingerprint density at radius 3 is 2.31 bits per heavy atom. The van der Waals surface area contributed by atoms with E-state index in [1.165, 1.54) is 34.3 Å². The number of carboxylic acids is 1. The van der Waals surface area contributed by atoms with Crippen LogP contribution >= 0.6 is 0 Å². The molecule has 21 nitrogen and oxygen atoms in total. The summed E-state index contributed by atoms with van der Waals surface area (Å²) >= 11 is 0. The monoisotopic (exact) mass is 1090 g/mol. The van der Waals surface area contributed by atoms with Gasteiger partial charge in [0, 0.05) is 63.7 Å². The molecule has 21 heteroatoms. The number of rotatable bonds is 17. The molecule has 0 aliphatic carbocycles. The van der Waals surface area contributed by atoms with Crippen LogP contribution in [0.5, 0.6) is 5.75 Å². The summed E-state index contributed by atoms with van der Waals surface area (Å²) in [6.45, 7) is 17.0. The van der Waals surface area contributed by atoms with Gasteiger partial charge < -0.3 is 77.8 Å². The molecular formula is C56H87N3O18. The van der Waals surface area contributed by atoms with Crippen LogP contribution in [0.2, 0.25) is 0 Å². The smallest absolute Gasteiger partial charge is 0.341 e. The maximum Gasteiger partial charge on any atom is 0.341 e. The average Bonchev–Trinajstić information content (AvgIpc) is 3.62. The van der Waals surface area contributed by atoms with Crippen LogP contribution in [-0.4, -0.2) is 186 Å². The van der Waals surface area contributed by atoms with Crippen molar-refractivity contribution in [3.05, 3.63) is 39.7 Å². The first-order valence-electron chi connectivity index (χ1n) is 27.4. The number of Topliss-reactive ketones (excluding diaryl/α,β-unsaturated/α-hetero) is 1. The molecule has 0 saturated carbocycles. The summed E-state index contributed by atoms with van der Waals surface area (Å²) in [6.07, 6.45) is -6.86. The van der Waals surface area contributed by atoms with Crippen molar-refractivity contribution in [3.8, 4) is 5.75 Å². The zero-order valence-corrected chi connectivity index (χ0v) is 47.4. The highest BCUT2D eigenvalue weighted by atomic mass is 16.7. The number of nitrogens with one attached hydrogen (secondary N) is 1. The number of aromatic nitrogens is 1. The number of cyclic esters (lactones) is 1. The number of aryl methyl sites for hydroxylation is 2. The summed E-state index contributed by atoms with van der Waals surface area (Å²) in [5, 5.41) is 48.5. The van der Waals surface area contributed by atoms with Crippen LogP contribution in [0.1, 0.15) is 123 Å². The summed E-state index contributed by atoms with van der Waals surface area (Å²) in [5.74, 6) is -6.04. The van der Waals surface area contributed by atoms with Crippen LogP contribution in [-0.2, 0) is 65.2 Å². The largest absolute Gasteiger partial charge is 0.491 e. The zero-order valence-electron chi connectivity index (χ0n) is 47.4. The number of methoxy groups -OCH3 is 2. The molecule has 0 amide bonds. The molecule has 77 heavy (non-hydrogen) atoms. The molecule has 1 aromatic carbocycles. The summed E-state index contributed by atoms with van der Waals surface area (Å²) in [4.78, 5) is 69.1. The molecule has 3 fully saturated rings. The number of aliphatic hydroxyl groups excluding tert-OH is 2. The lowest BCUT2D eigenvalue weighted by atomic mass is 9.74. The number of carbonyl (C=O) groups is 4. The van der Waals surface area contributed by atoms with Crippen molar-refractivity contribution in [2.45, 2.75) is 205 Å². The average molecular weight is 1090 g/mol. The van der Waals surface area contributed by atoms with Gasteiger partial charge in [0.25, 0.3) is 0 Å². The first-order valence-corrected chi connectivity index (χ1v) is 27.4. The molecule has 1 aromatic heterocycles. The second-order valence-electron chi connectivity index (χ2n) is 22.6. The number of esters is 2. The third kappa shape index (κ3) is 14.1. The third-order valence-corrected chi connectivity index (χ3v) is 16.5. The van der Waals surface area contributed by atoms with Crippen LogP contribution in [0.15, 0.2) is 23.1 Å². The van der Waals surface area contributed by atoms with Crippen molar-refractivity contribution >= 4 is 34.6 Å². The highest BCUT2D eigenvalue weighted by Gasteiger charge is 2.53. The number of aliphatic hydroxyl groups is 3. The van der Waals surface area contributed by atoms with Gasteiger partial charge in [-0.3, -0.25) is 19.2 Å². The number of carbonyl (C=O) groups excluding carboxylic acids is 3. The van der Waals surface area contributed by atoms with E-state index in [-0.39, 0.29) is 49.2 Å². The summed E-state index contributed by atoms with van der Waals surface area (Å²) in [7, 11) is 6.71. The van der Waals surface area contributed by atoms with Gasteiger partial charge in [0.1, 0.15) is 41.0 Å². The summed E-state index contributed by atoms with van der Waals surface area (Å²) in [6, 6.07) is 3.29. The van der Waals surface area contributed by atoms with E-state index in [1.54, 1.807) is 45.3 Å². The van der Waals surface area contributed by atoms with Gasteiger partial charge >= 0.3 is 17.9 Å². The first-order chi connectivity index (χ1) is 36.3. The molecule has 4 aliphatic rings. The molecule has 0 radical (unpaired) electrons. The van der Waals surface area contributed by atoms with Crippen molar-refractivity contribution in [2.24, 2.45) is 23.7 Å². The molecule has 3 saturated heterocycles. The van der Waals surface area contributed by atoms with Crippen LogP contribution in [0.3, 0.4) is 0 Å². The topological polar surface area (TPSA) is 270 Å². The van der Waals surface area contributed by atoms with E-state index in [0.717, 1.165) is 5.56 Å². The van der Waals surface area contributed by atoms with Crippen molar-refractivity contribution in [1.29, 1.82) is 0 Å². The lowest BCUT2D eigenvalue weighted by molar-refractivity contribution is -0.313. The molecule has 0 unspecified atom stereocenters. The Hall–Kier alpha value is -4.13. The van der Waals surface area contributed by atoms with Crippen LogP contribution in [0, 0.1) is 23.7 Å². The Morgan fingerprint density at radius 2 is 1.66 bits per heavy atom. The molecule has 6 rings (SSSR count). The Morgan fingerprint density at radius 1 is 0.948 bits per heavy atom. The van der Waals surface area contributed by atoms with E-state index in [0.29, 0.717) is 68.6 Å². The summed E-state index contributed by atoms with van der Waals surface area (Å²) < 4.78 is 58.6. The second-order valence-corrected chi connectivity index (χ2v) is 22.6. The van der Waals surface area contributed by atoms with E-state index >= 15 is 0 Å². The predicted molar refractivity (Wildman–Crippen MR) is 281 cm³/mol. The molecule has 4 aliphatic heterocycles. The third-order valence-electron chi connectivity index (χ3n) is 16.5. The maximum absolute atomic E-state index is 14.5. The molecule has 434 valence electrons. The lowest BCUT2D eigenvalue weighted by Gasteiger charge is -2.49. The number of ketones is 1. The Bertz CT molecular complexity index is 2410. The minimum Gasteiger partial charge on any atom is -0.491 e. The standard InChI is InChI=1S/C56H87N3O18/c1-14-41-56(9,68)50(64)31(4)45(61)29(2)27-55(8,70-13)51(77-54-47(63)38(58(10)11)23-30(3)72-54)32(5)48(33(6)53(67)74-41)76-43-26-40(69-12)49(34(7)73-43)75-42(60)18-20-57-19-15-17-35-24-36-44-39(25-35)71-22-16-21-59(44)28-37(46(36)62)52(65)66/h24-25,28-34,38,40-41,43,47-51,54,57,63-64,68H,14-23,26-27H2,1-13H3,(H,65,66)/t29-,30-,31+,32+,33-,34+,38+,40-,41-,43+,47-,48+,49+,50-,51-,54+,55-,56-/m1/s1. The Balaban J connectivity index is 1.17. The van der Waals surface area contributed by atoms with E-state index in [9.17, 15) is 44.4 Å². The van der Waals surface area contributed by atoms with Gasteiger partial charge in [0.2, 0.25) is 5.43 Å². The van der Waals surface area contributed by atoms with Crippen LogP contribution < -0.4 is 15.5 Å². The van der Waals surface area contributed by atoms with Gasteiger partial charge in [0.05, 0.1) is 66.0 Å². The Labute approximate surface area is 452 Å². The van der Waals surface area contributed by atoms with Crippen molar-refractivity contribution < 1.29 is 82.2 Å². The number of hydrogen-bond donors (Lipinski definition) is 5. The molecule has 0 bridgehead atoms. The molecule has 5 heterocycles. The van der Waals surface area contributed by atoms with Gasteiger partial charge in [-0.05, 0) is 111 Å². The molecule has 18 atom stereocenters. The van der Waals surface area contributed by atoms with Crippen molar-refractivity contribution in [1.82, 2.24) is 14.8 Å². The number of ether oxygens (including phenoxy) is 9. The lowest BCUT2D eigenvalue weighted by Crippen LogP contribution is -2.61. The van der Waals surface area contributed by atoms with Gasteiger partial charge in [-0.1, -0.05) is 27.7 Å². The number of hydrogen-bond acceptors (Lipinski definition) is 19. The fourth-order valence-electron chi connectivity index (χ4n) is 12.0. The minimum absolute atomic E-state index is 0.0309. The Kier molecular flexibility index (Phi) is 21.3. The highest BCUT2D eigenvalue weighted by molar-refractivity contribution is 5.94. The number of aromatic carboxylic acids is 1. The normalized spacial score (nSPS) is 36.6. The van der Waals surface area contributed by atoms with Gasteiger partial charge in [0.15, 0.2) is 18.7 Å². The van der Waals surface area contributed by atoms with E-state index in [1.807, 2.05) is 38.9 Å². The number of pyridine rings is 1. The SMILES string of the molecule is CC[C@H]1OC(=O)[C@H](C)[C@@H](O[C@H]2C[C@@H](OC)[C@@H](OC(=O)CCNCCCc3cc4c5c(c3)c(=O)c(C(=O)O)cn5CCCO4)[C@H](C)O2)[C@H](C)[C@@H](O[C@@H]2O[C@H](C)C[C@H](N(C)C)[C@H]2O)[C@](C)(OC)C[C@@H](C)C(=O)[C@H](C)[C@@H](O)[C@]1(C)O. The van der Waals surface area contributed by atoms with E-state index in [2.05, 4.69) is 5.32 Å². The fraction of sp³-hybridized carbons (Fsp3) is 0.768. The number of nitrogens with zero attached hydrogens (tertiary/aromatic N) is 2. The highest BCUT2D eigenvalue weighted by Crippen LogP contribution is 2.41. The second kappa shape index (κ2) is 26.4. The van der Waals surface area contributed by atoms with Crippen molar-refractivity contribution in [2.75, 3.05) is 48.0 Å². The predicted octanol–water partition coefficient (Wildman–Crippen LogP) is 4.01. The summed E-state index contributed by atoms with van der Waals surface area (Å²) in [5.41, 5.74) is -2.77. The molecule has 0 spiro atoms. The molecule has 5 N–H and O–H groups in total. The number of benzene rings is 1. The maximum atomic E-state index is 14.5. The fourth-order valence-corrected chi connectivity index (χ4v) is 12.0. The molecule has 2 aromatic rings. The van der Waals surface area contributed by atoms with E-state index < -0.39 is 120 Å². The van der Waals surface area contributed by atoms with Gasteiger partial charge in [-0.2, -0.15) is 0 Å². The van der Waals surface area contributed by atoms with Crippen molar-refractivity contribution in [3.63, 3.8) is 0 Å². The van der Waals surface area contributed by atoms with E-state index in [4.69, 9.17) is 42.6 Å². The number of carboxylic acid groups (broad SMARTS) is 1. The van der Waals surface area contributed by atoms with Crippen LogP contribution in [0.25, 0.3) is 10.9 Å². The first kappa shape index (κ1) is 62.1. The molecular weight excluding hydrogens is 1000 g/mol. The number of likely N-dealkylation sites (N-methyl/N-ethyl adjacent to an activating group) is 1. The van der Waals surface area contributed by atoms with Gasteiger partial charge in [-0.15, -0.1) is 0 Å². The van der Waals surface area contributed by atoms with Gasteiger partial charge in [-0.25, -0.2) is 4.79 Å². The quantitative estimate of drug-likeness (QED) is 0.111. The van der Waals surface area contributed by atoms with Crippen LogP contribution in [0.4, 0.5) is 0 Å². The zero-order chi connectivity index (χ0) is 56.8. The minimum atomic E-state index is -2.03.